The molecule has 0 saturated carbocycles. The van der Waals surface area contributed by atoms with Crippen LogP contribution in [0.5, 0.6) is 0 Å². The Kier molecular flexibility index (Phi) is 4.61. The van der Waals surface area contributed by atoms with E-state index in [4.69, 9.17) is 23.2 Å². The van der Waals surface area contributed by atoms with Crippen LogP contribution in [0.4, 0.5) is 11.5 Å². The lowest BCUT2D eigenvalue weighted by molar-refractivity contribution is 0.837. The lowest BCUT2D eigenvalue weighted by atomic mass is 10.2. The maximum Gasteiger partial charge on any atom is 0.135 e. The van der Waals surface area contributed by atoms with E-state index in [0.717, 1.165) is 29.9 Å². The molecule has 0 spiro atoms. The number of aromatic nitrogens is 2. The Morgan fingerprint density at radius 3 is 2.68 bits per heavy atom. The molecule has 0 fully saturated rings. The maximum absolute atomic E-state index is 6.15. The minimum absolute atomic E-state index is 0.435. The van der Waals surface area contributed by atoms with Crippen LogP contribution >= 0.6 is 23.2 Å². The standard InChI is InChI=1S/C14H15Cl2N3/c1-3-4-13-18-12(16)8-14(19-13)17-11-7-9(2)5-6-10(11)15/h5-8H,3-4H2,1-2H3,(H,17,18,19). The van der Waals surface area contributed by atoms with Crippen LogP contribution in [0.15, 0.2) is 24.3 Å². The largest absolute Gasteiger partial charge is 0.339 e. The third kappa shape index (κ3) is 3.82. The predicted octanol–water partition coefficient (Wildman–Crippen LogP) is 4.79. The molecule has 2 rings (SSSR count). The summed E-state index contributed by atoms with van der Waals surface area (Å²) >= 11 is 12.1. The van der Waals surface area contributed by atoms with Crippen molar-refractivity contribution in [3.8, 4) is 0 Å². The van der Waals surface area contributed by atoms with E-state index in [-0.39, 0.29) is 0 Å². The van der Waals surface area contributed by atoms with Crippen molar-refractivity contribution in [1.82, 2.24) is 9.97 Å². The Morgan fingerprint density at radius 1 is 1.16 bits per heavy atom. The first-order valence-electron chi connectivity index (χ1n) is 6.15. The third-order valence-corrected chi connectivity index (χ3v) is 3.12. The van der Waals surface area contributed by atoms with Gasteiger partial charge >= 0.3 is 0 Å². The summed E-state index contributed by atoms with van der Waals surface area (Å²) in [5, 5.41) is 4.27. The zero-order valence-corrected chi connectivity index (χ0v) is 12.4. The molecule has 2 aromatic rings. The summed E-state index contributed by atoms with van der Waals surface area (Å²) in [7, 11) is 0. The van der Waals surface area contributed by atoms with E-state index in [1.165, 1.54) is 0 Å². The van der Waals surface area contributed by atoms with Crippen molar-refractivity contribution in [3.05, 3.63) is 45.8 Å². The Morgan fingerprint density at radius 2 is 1.95 bits per heavy atom. The Labute approximate surface area is 123 Å². The van der Waals surface area contributed by atoms with Crippen molar-refractivity contribution >= 4 is 34.7 Å². The normalized spacial score (nSPS) is 10.5. The number of hydrogen-bond donors (Lipinski definition) is 1. The van der Waals surface area contributed by atoms with Crippen LogP contribution in [0, 0.1) is 6.92 Å². The van der Waals surface area contributed by atoms with E-state index in [1.807, 2.05) is 25.1 Å². The van der Waals surface area contributed by atoms with Crippen LogP contribution in [0.1, 0.15) is 24.7 Å². The first-order chi connectivity index (χ1) is 9.08. The number of rotatable bonds is 4. The van der Waals surface area contributed by atoms with Crippen molar-refractivity contribution in [2.24, 2.45) is 0 Å². The highest BCUT2D eigenvalue weighted by Gasteiger charge is 2.06. The number of benzene rings is 1. The Hall–Kier alpha value is -1.32. The molecule has 5 heteroatoms. The topological polar surface area (TPSA) is 37.8 Å². The van der Waals surface area contributed by atoms with Gasteiger partial charge in [-0.15, -0.1) is 0 Å². The number of hydrogen-bond acceptors (Lipinski definition) is 3. The summed E-state index contributed by atoms with van der Waals surface area (Å²) in [5.74, 6) is 1.40. The lowest BCUT2D eigenvalue weighted by Gasteiger charge is -2.10. The average molecular weight is 296 g/mol. The fourth-order valence-corrected chi connectivity index (χ4v) is 2.10. The van der Waals surface area contributed by atoms with Crippen LogP contribution in [0.3, 0.4) is 0 Å². The van der Waals surface area contributed by atoms with Gasteiger partial charge in [0, 0.05) is 12.5 Å². The van der Waals surface area contributed by atoms with Gasteiger partial charge in [-0.25, -0.2) is 9.97 Å². The Bertz CT molecular complexity index is 585. The van der Waals surface area contributed by atoms with Crippen LogP contribution in [-0.4, -0.2) is 9.97 Å². The quantitative estimate of drug-likeness (QED) is 0.824. The fraction of sp³-hybridized carbons (Fsp3) is 0.286. The molecule has 0 unspecified atom stereocenters. The van der Waals surface area contributed by atoms with Crippen LogP contribution in [0.25, 0.3) is 0 Å². The molecule has 19 heavy (non-hydrogen) atoms. The van der Waals surface area contributed by atoms with Gasteiger partial charge in [0.15, 0.2) is 0 Å². The summed E-state index contributed by atoms with van der Waals surface area (Å²) in [6.07, 6.45) is 1.78. The molecule has 0 aliphatic heterocycles. The van der Waals surface area contributed by atoms with Crippen LogP contribution in [-0.2, 0) is 6.42 Å². The smallest absolute Gasteiger partial charge is 0.135 e. The van der Waals surface area contributed by atoms with Crippen molar-refractivity contribution in [2.75, 3.05) is 5.32 Å². The molecule has 0 bridgehead atoms. The molecule has 0 radical (unpaired) electrons. The molecule has 1 aromatic carbocycles. The molecule has 0 saturated heterocycles. The Balaban J connectivity index is 2.29. The van der Waals surface area contributed by atoms with Gasteiger partial charge in [-0.1, -0.05) is 36.2 Å². The summed E-state index contributed by atoms with van der Waals surface area (Å²) in [6.45, 7) is 4.09. The molecule has 1 N–H and O–H groups in total. The number of aryl methyl sites for hydroxylation is 2. The van der Waals surface area contributed by atoms with Crippen LogP contribution in [0.2, 0.25) is 10.2 Å². The van der Waals surface area contributed by atoms with Crippen molar-refractivity contribution in [2.45, 2.75) is 26.7 Å². The zero-order valence-electron chi connectivity index (χ0n) is 10.9. The molecule has 3 nitrogen and oxygen atoms in total. The fourth-order valence-electron chi connectivity index (χ4n) is 1.74. The predicted molar refractivity (Wildman–Crippen MR) is 80.5 cm³/mol. The number of nitrogens with one attached hydrogen (secondary N) is 1. The zero-order chi connectivity index (χ0) is 13.8. The van der Waals surface area contributed by atoms with E-state index in [2.05, 4.69) is 22.2 Å². The van der Waals surface area contributed by atoms with E-state index >= 15 is 0 Å². The van der Waals surface area contributed by atoms with Crippen molar-refractivity contribution < 1.29 is 0 Å². The summed E-state index contributed by atoms with van der Waals surface area (Å²) in [5.41, 5.74) is 1.94. The molecule has 0 atom stereocenters. The van der Waals surface area contributed by atoms with Gasteiger partial charge in [0.05, 0.1) is 10.7 Å². The minimum Gasteiger partial charge on any atom is -0.339 e. The summed E-state index contributed by atoms with van der Waals surface area (Å²) < 4.78 is 0. The first-order valence-corrected chi connectivity index (χ1v) is 6.90. The highest BCUT2D eigenvalue weighted by Crippen LogP contribution is 2.26. The number of halogens is 2. The third-order valence-electron chi connectivity index (χ3n) is 2.60. The number of nitrogens with zero attached hydrogens (tertiary/aromatic N) is 2. The van der Waals surface area contributed by atoms with Gasteiger partial charge in [0.1, 0.15) is 16.8 Å². The highest BCUT2D eigenvalue weighted by atomic mass is 35.5. The van der Waals surface area contributed by atoms with Gasteiger partial charge in [-0.05, 0) is 31.0 Å². The van der Waals surface area contributed by atoms with Gasteiger partial charge in [-0.3, -0.25) is 0 Å². The molecule has 100 valence electrons. The van der Waals surface area contributed by atoms with Crippen LogP contribution < -0.4 is 5.32 Å². The van der Waals surface area contributed by atoms with Gasteiger partial charge < -0.3 is 5.32 Å². The van der Waals surface area contributed by atoms with E-state index in [9.17, 15) is 0 Å². The lowest BCUT2D eigenvalue weighted by Crippen LogP contribution is -2.01. The molecule has 1 heterocycles. The van der Waals surface area contributed by atoms with E-state index in [1.54, 1.807) is 6.07 Å². The van der Waals surface area contributed by atoms with E-state index < -0.39 is 0 Å². The second-order valence-corrected chi connectivity index (χ2v) is 5.14. The summed E-state index contributed by atoms with van der Waals surface area (Å²) in [4.78, 5) is 8.61. The molecule has 0 aliphatic carbocycles. The van der Waals surface area contributed by atoms with Crippen molar-refractivity contribution in [1.29, 1.82) is 0 Å². The summed E-state index contributed by atoms with van der Waals surface area (Å²) in [6, 6.07) is 7.48. The maximum atomic E-state index is 6.15. The van der Waals surface area contributed by atoms with E-state index in [0.29, 0.717) is 16.0 Å². The molecular weight excluding hydrogens is 281 g/mol. The second kappa shape index (κ2) is 6.22. The van der Waals surface area contributed by atoms with Gasteiger partial charge in [-0.2, -0.15) is 0 Å². The SMILES string of the molecule is CCCc1nc(Cl)cc(Nc2cc(C)ccc2Cl)n1. The van der Waals surface area contributed by atoms with Crippen molar-refractivity contribution in [3.63, 3.8) is 0 Å². The monoisotopic (exact) mass is 295 g/mol. The molecule has 1 aromatic heterocycles. The average Bonchev–Trinajstić information content (AvgIpc) is 2.33. The van der Waals surface area contributed by atoms with Gasteiger partial charge in [0.25, 0.3) is 0 Å². The number of anilines is 2. The molecule has 0 amide bonds. The van der Waals surface area contributed by atoms with Gasteiger partial charge in [0.2, 0.25) is 0 Å². The molecule has 0 aliphatic rings. The molecular formula is C14H15Cl2N3. The highest BCUT2D eigenvalue weighted by molar-refractivity contribution is 6.33. The first kappa shape index (κ1) is 14.1. The second-order valence-electron chi connectivity index (χ2n) is 4.35. The minimum atomic E-state index is 0.435.